The second kappa shape index (κ2) is 4.88. The zero-order chi connectivity index (χ0) is 12.4. The molecule has 1 aliphatic rings. The van der Waals surface area contributed by atoms with Crippen LogP contribution in [-0.2, 0) is 24.1 Å². The highest BCUT2D eigenvalue weighted by atomic mass is 16.4. The van der Waals surface area contributed by atoms with Crippen molar-refractivity contribution in [1.29, 1.82) is 0 Å². The quantitative estimate of drug-likeness (QED) is 0.837. The maximum absolute atomic E-state index is 10.8. The average Bonchev–Trinajstić information content (AvgIpc) is 2.33. The van der Waals surface area contributed by atoms with E-state index in [4.69, 9.17) is 10.8 Å². The number of carboxylic acid groups (broad SMARTS) is 1. The van der Waals surface area contributed by atoms with E-state index in [1.807, 2.05) is 6.07 Å². The Morgan fingerprint density at radius 2 is 2.00 bits per heavy atom. The molecule has 3 nitrogen and oxygen atoms in total. The van der Waals surface area contributed by atoms with Crippen molar-refractivity contribution in [1.82, 2.24) is 0 Å². The number of aryl methyl sites for hydroxylation is 1. The zero-order valence-electron chi connectivity index (χ0n) is 10.2. The van der Waals surface area contributed by atoms with Crippen molar-refractivity contribution in [3.05, 3.63) is 34.4 Å². The Balaban J connectivity index is 2.32. The maximum Gasteiger partial charge on any atom is 0.320 e. The van der Waals surface area contributed by atoms with Crippen molar-refractivity contribution >= 4 is 5.97 Å². The van der Waals surface area contributed by atoms with Crippen LogP contribution in [0.1, 0.15) is 35.1 Å². The summed E-state index contributed by atoms with van der Waals surface area (Å²) in [5.41, 5.74) is 10.8. The van der Waals surface area contributed by atoms with Crippen molar-refractivity contribution in [2.75, 3.05) is 0 Å². The topological polar surface area (TPSA) is 63.3 Å². The van der Waals surface area contributed by atoms with Crippen molar-refractivity contribution < 1.29 is 9.90 Å². The molecule has 2 rings (SSSR count). The number of carbonyl (C=O) groups is 1. The summed E-state index contributed by atoms with van der Waals surface area (Å²) in [6.45, 7) is 2.13. The molecule has 0 radical (unpaired) electrons. The molecule has 0 saturated carbocycles. The van der Waals surface area contributed by atoms with Crippen LogP contribution in [0.15, 0.2) is 12.1 Å². The highest BCUT2D eigenvalue weighted by molar-refractivity contribution is 5.73. The van der Waals surface area contributed by atoms with Gasteiger partial charge in [-0.3, -0.25) is 4.79 Å². The Bertz CT molecular complexity index is 440. The second-order valence-electron chi connectivity index (χ2n) is 4.85. The zero-order valence-corrected chi connectivity index (χ0v) is 10.2. The molecule has 0 aliphatic heterocycles. The Morgan fingerprint density at radius 1 is 1.35 bits per heavy atom. The van der Waals surface area contributed by atoms with Gasteiger partial charge in [0.05, 0.1) is 0 Å². The first-order chi connectivity index (χ1) is 8.09. The van der Waals surface area contributed by atoms with E-state index in [0.717, 1.165) is 18.4 Å². The van der Waals surface area contributed by atoms with Crippen LogP contribution < -0.4 is 5.73 Å². The van der Waals surface area contributed by atoms with Crippen LogP contribution in [0.5, 0.6) is 0 Å². The third-order valence-corrected chi connectivity index (χ3v) is 3.62. The molecule has 0 bridgehead atoms. The molecule has 1 unspecified atom stereocenters. The lowest BCUT2D eigenvalue weighted by molar-refractivity contribution is -0.138. The largest absolute Gasteiger partial charge is 0.480 e. The van der Waals surface area contributed by atoms with Crippen LogP contribution in [-0.4, -0.2) is 17.1 Å². The van der Waals surface area contributed by atoms with Crippen LogP contribution in [0.2, 0.25) is 0 Å². The van der Waals surface area contributed by atoms with Crippen molar-refractivity contribution in [2.24, 2.45) is 5.73 Å². The summed E-state index contributed by atoms with van der Waals surface area (Å²) in [5, 5.41) is 8.88. The van der Waals surface area contributed by atoms with Crippen LogP contribution >= 0.6 is 0 Å². The minimum absolute atomic E-state index is 0.442. The Kier molecular flexibility index (Phi) is 3.48. The van der Waals surface area contributed by atoms with Gasteiger partial charge in [-0.15, -0.1) is 0 Å². The fourth-order valence-corrected chi connectivity index (χ4v) is 2.64. The molecule has 3 heteroatoms. The second-order valence-corrected chi connectivity index (χ2v) is 4.85. The SMILES string of the molecule is Cc1ccc(CC(N)C(=O)O)c2c1CCCC2. The number of hydrogen-bond donors (Lipinski definition) is 2. The van der Waals surface area contributed by atoms with Gasteiger partial charge in [-0.2, -0.15) is 0 Å². The summed E-state index contributed by atoms with van der Waals surface area (Å²) in [6, 6.07) is 3.35. The number of carboxylic acids is 1. The van der Waals surface area contributed by atoms with E-state index in [-0.39, 0.29) is 0 Å². The number of nitrogens with two attached hydrogens (primary N) is 1. The molecular weight excluding hydrogens is 214 g/mol. The molecule has 0 heterocycles. The summed E-state index contributed by atoms with van der Waals surface area (Å²) in [4.78, 5) is 10.8. The first-order valence-electron chi connectivity index (χ1n) is 6.18. The number of benzene rings is 1. The van der Waals surface area contributed by atoms with Gasteiger partial charge in [-0.25, -0.2) is 0 Å². The molecule has 1 aromatic carbocycles. The Labute approximate surface area is 102 Å². The van der Waals surface area contributed by atoms with Crippen LogP contribution in [0.25, 0.3) is 0 Å². The third-order valence-electron chi connectivity index (χ3n) is 3.62. The summed E-state index contributed by atoms with van der Waals surface area (Å²) in [7, 11) is 0. The molecule has 0 fully saturated rings. The first kappa shape index (κ1) is 12.1. The number of hydrogen-bond acceptors (Lipinski definition) is 2. The Morgan fingerprint density at radius 3 is 2.65 bits per heavy atom. The highest BCUT2D eigenvalue weighted by Gasteiger charge is 2.19. The van der Waals surface area contributed by atoms with Gasteiger partial charge in [0.25, 0.3) is 0 Å². The van der Waals surface area contributed by atoms with E-state index in [2.05, 4.69) is 13.0 Å². The molecule has 1 aliphatic carbocycles. The van der Waals surface area contributed by atoms with Gasteiger partial charge in [0, 0.05) is 0 Å². The number of rotatable bonds is 3. The molecular formula is C14H19NO2. The van der Waals surface area contributed by atoms with Gasteiger partial charge >= 0.3 is 5.97 Å². The van der Waals surface area contributed by atoms with E-state index in [1.54, 1.807) is 0 Å². The normalized spacial score (nSPS) is 16.4. The molecule has 1 aromatic rings. The fourth-order valence-electron chi connectivity index (χ4n) is 2.64. The van der Waals surface area contributed by atoms with Gasteiger partial charge in [-0.1, -0.05) is 12.1 Å². The van der Waals surface area contributed by atoms with Crippen LogP contribution in [0, 0.1) is 6.92 Å². The minimum atomic E-state index is -0.921. The molecule has 0 amide bonds. The highest BCUT2D eigenvalue weighted by Crippen LogP contribution is 2.28. The maximum atomic E-state index is 10.8. The first-order valence-corrected chi connectivity index (χ1v) is 6.18. The molecule has 92 valence electrons. The van der Waals surface area contributed by atoms with Crippen LogP contribution in [0.3, 0.4) is 0 Å². The summed E-state index contributed by atoms with van der Waals surface area (Å²) in [5.74, 6) is -0.921. The number of fused-ring (bicyclic) bond motifs is 1. The molecule has 17 heavy (non-hydrogen) atoms. The monoisotopic (exact) mass is 233 g/mol. The summed E-state index contributed by atoms with van der Waals surface area (Å²) in [6.07, 6.45) is 5.07. The lowest BCUT2D eigenvalue weighted by atomic mass is 9.84. The predicted molar refractivity (Wildman–Crippen MR) is 67.1 cm³/mol. The predicted octanol–water partition coefficient (Wildman–Crippen LogP) is 1.83. The van der Waals surface area contributed by atoms with Crippen molar-refractivity contribution in [3.8, 4) is 0 Å². The Hall–Kier alpha value is -1.35. The lowest BCUT2D eigenvalue weighted by Gasteiger charge is -2.22. The van der Waals surface area contributed by atoms with E-state index in [1.165, 1.54) is 29.5 Å². The van der Waals surface area contributed by atoms with Gasteiger partial charge in [0.1, 0.15) is 6.04 Å². The van der Waals surface area contributed by atoms with E-state index >= 15 is 0 Å². The third kappa shape index (κ3) is 2.50. The van der Waals surface area contributed by atoms with Gasteiger partial charge in [0.2, 0.25) is 0 Å². The molecule has 3 N–H and O–H groups in total. The standard InChI is InChI=1S/C14H19NO2/c1-9-6-7-10(8-13(15)14(16)17)12-5-3-2-4-11(9)12/h6-7,13H,2-5,8,15H2,1H3,(H,16,17). The van der Waals surface area contributed by atoms with Gasteiger partial charge in [0.15, 0.2) is 0 Å². The molecule has 0 saturated heterocycles. The van der Waals surface area contributed by atoms with E-state index in [9.17, 15) is 4.79 Å². The molecule has 0 spiro atoms. The average molecular weight is 233 g/mol. The smallest absolute Gasteiger partial charge is 0.320 e. The number of aliphatic carboxylic acids is 1. The summed E-state index contributed by atoms with van der Waals surface area (Å²) >= 11 is 0. The van der Waals surface area contributed by atoms with Crippen molar-refractivity contribution in [2.45, 2.75) is 45.1 Å². The van der Waals surface area contributed by atoms with E-state index < -0.39 is 12.0 Å². The lowest BCUT2D eigenvalue weighted by Crippen LogP contribution is -2.32. The summed E-state index contributed by atoms with van der Waals surface area (Å²) < 4.78 is 0. The van der Waals surface area contributed by atoms with Crippen LogP contribution in [0.4, 0.5) is 0 Å². The fraction of sp³-hybridized carbons (Fsp3) is 0.500. The van der Waals surface area contributed by atoms with Gasteiger partial charge < -0.3 is 10.8 Å². The molecule has 0 aromatic heterocycles. The van der Waals surface area contributed by atoms with Crippen molar-refractivity contribution in [3.63, 3.8) is 0 Å². The van der Waals surface area contributed by atoms with Gasteiger partial charge in [-0.05, 0) is 61.3 Å². The van der Waals surface area contributed by atoms with E-state index in [0.29, 0.717) is 6.42 Å². The molecule has 1 atom stereocenters. The minimum Gasteiger partial charge on any atom is -0.480 e.